The molecule has 0 saturated heterocycles. The van der Waals surface area contributed by atoms with Gasteiger partial charge in [0.2, 0.25) is 0 Å². The molecule has 1 aromatic rings. The Hall–Kier alpha value is -0.0900. The number of thiol groups is 2. The van der Waals surface area contributed by atoms with Gasteiger partial charge in [0.05, 0.1) is 11.1 Å². The average molecular weight is 163 g/mol. The molecule has 1 rings (SSSR count). The third-order valence-corrected chi connectivity index (χ3v) is 3.97. The second-order valence-corrected chi connectivity index (χ2v) is 4.99. The first-order chi connectivity index (χ1) is 4.34. The Kier molecular flexibility index (Phi) is 2.48. The summed E-state index contributed by atoms with van der Waals surface area (Å²) >= 11 is 4.35. The number of nitrogens with zero attached hydrogens (tertiary/aromatic N) is 1. The summed E-state index contributed by atoms with van der Waals surface area (Å²) in [6.45, 7) is 2.10. The van der Waals surface area contributed by atoms with Gasteiger partial charge in [-0.15, -0.1) is 11.7 Å². The van der Waals surface area contributed by atoms with Crippen LogP contribution in [0.3, 0.4) is 0 Å². The van der Waals surface area contributed by atoms with Crippen LogP contribution in [0, 0.1) is 0 Å². The van der Waals surface area contributed by atoms with E-state index >= 15 is 0 Å². The van der Waals surface area contributed by atoms with E-state index in [1.165, 1.54) is 0 Å². The van der Waals surface area contributed by atoms with Crippen molar-refractivity contribution >= 4 is 21.6 Å². The van der Waals surface area contributed by atoms with Crippen LogP contribution < -0.4 is 0 Å². The third-order valence-electron chi connectivity index (χ3n) is 1.02. The van der Waals surface area contributed by atoms with Crippen molar-refractivity contribution in [3.8, 4) is 0 Å². The van der Waals surface area contributed by atoms with Crippen LogP contribution in [0.5, 0.6) is 0 Å². The van der Waals surface area contributed by atoms with E-state index in [1.54, 1.807) is 12.5 Å². The summed E-state index contributed by atoms with van der Waals surface area (Å²) in [6.07, 6.45) is 3.38. The second-order valence-electron chi connectivity index (χ2n) is 1.60. The van der Waals surface area contributed by atoms with Crippen LogP contribution in [-0.2, 0) is 0 Å². The minimum atomic E-state index is -0.298. The molecule has 0 aliphatic heterocycles. The van der Waals surface area contributed by atoms with E-state index in [0.717, 1.165) is 10.6 Å². The Morgan fingerprint density at radius 3 is 3.11 bits per heavy atom. The van der Waals surface area contributed by atoms with E-state index in [9.17, 15) is 0 Å². The van der Waals surface area contributed by atoms with Crippen molar-refractivity contribution < 1.29 is 4.52 Å². The number of aromatic nitrogens is 1. The molecular formula is C5H9NOS2. The van der Waals surface area contributed by atoms with Crippen LogP contribution in [-0.4, -0.2) is 10.9 Å². The van der Waals surface area contributed by atoms with Gasteiger partial charge in [-0.2, -0.15) is 9.93 Å². The maximum atomic E-state index is 4.65. The molecule has 52 valence electrons. The van der Waals surface area contributed by atoms with Crippen molar-refractivity contribution in [2.24, 2.45) is 0 Å². The van der Waals surface area contributed by atoms with Crippen molar-refractivity contribution in [1.82, 2.24) is 5.16 Å². The molecule has 1 unspecified atom stereocenters. The molecule has 0 amide bonds. The molecule has 0 spiro atoms. The standard InChI is InChI=1S/C5H9NOS2/c1-2-9(8)5-3-6-7-4-5/h3-4,8-9H,2H2,1H3. The zero-order valence-electron chi connectivity index (χ0n) is 5.11. The van der Waals surface area contributed by atoms with Crippen molar-refractivity contribution in [2.45, 2.75) is 11.8 Å². The van der Waals surface area contributed by atoms with E-state index in [4.69, 9.17) is 0 Å². The minimum absolute atomic E-state index is 0.298. The lowest BCUT2D eigenvalue weighted by Gasteiger charge is -2.05. The van der Waals surface area contributed by atoms with Crippen LogP contribution in [0.25, 0.3) is 0 Å². The Morgan fingerprint density at radius 1 is 1.89 bits per heavy atom. The molecule has 4 heteroatoms. The Labute approximate surface area is 61.8 Å². The monoisotopic (exact) mass is 163 g/mol. The summed E-state index contributed by atoms with van der Waals surface area (Å²) in [6, 6.07) is 0. The summed E-state index contributed by atoms with van der Waals surface area (Å²) in [5.74, 6) is 1.07. The molecule has 0 N–H and O–H groups in total. The van der Waals surface area contributed by atoms with Crippen LogP contribution >= 0.6 is 21.6 Å². The summed E-state index contributed by atoms with van der Waals surface area (Å²) < 4.78 is 4.65. The predicted molar refractivity (Wildman–Crippen MR) is 43.3 cm³/mol. The van der Waals surface area contributed by atoms with Gasteiger partial charge in [0.15, 0.2) is 0 Å². The molecule has 0 bridgehead atoms. The molecule has 0 fully saturated rings. The van der Waals surface area contributed by atoms with E-state index in [1.807, 2.05) is 0 Å². The van der Waals surface area contributed by atoms with Crippen LogP contribution in [0.15, 0.2) is 21.9 Å². The number of hydrogen-bond donors (Lipinski definition) is 2. The lowest BCUT2D eigenvalue weighted by Crippen LogP contribution is -1.72. The quantitative estimate of drug-likeness (QED) is 0.514. The lowest BCUT2D eigenvalue weighted by molar-refractivity contribution is 0.418. The SMILES string of the molecule is CC[SH](S)c1cnoc1. The highest BCUT2D eigenvalue weighted by atomic mass is 33.1. The molecule has 0 aliphatic rings. The molecule has 1 heterocycles. The van der Waals surface area contributed by atoms with Crippen LogP contribution in [0.2, 0.25) is 0 Å². The van der Waals surface area contributed by atoms with Gasteiger partial charge >= 0.3 is 0 Å². The predicted octanol–water partition coefficient (Wildman–Crippen LogP) is 1.90. The highest BCUT2D eigenvalue weighted by Gasteiger charge is 1.99. The molecule has 0 aromatic carbocycles. The van der Waals surface area contributed by atoms with Crippen molar-refractivity contribution in [3.63, 3.8) is 0 Å². The largest absolute Gasteiger partial charge is 0.364 e. The van der Waals surface area contributed by atoms with E-state index < -0.39 is 0 Å². The first kappa shape index (κ1) is 7.02. The van der Waals surface area contributed by atoms with Crippen molar-refractivity contribution in [3.05, 3.63) is 12.5 Å². The fraction of sp³-hybridized carbons (Fsp3) is 0.400. The van der Waals surface area contributed by atoms with Gasteiger partial charge in [-0.25, -0.2) is 0 Å². The highest BCUT2D eigenvalue weighted by Crippen LogP contribution is 2.38. The first-order valence-electron chi connectivity index (χ1n) is 2.70. The Morgan fingerprint density at radius 2 is 2.67 bits per heavy atom. The van der Waals surface area contributed by atoms with Gasteiger partial charge in [0.1, 0.15) is 6.26 Å². The van der Waals surface area contributed by atoms with Gasteiger partial charge in [-0.3, -0.25) is 0 Å². The Bertz CT molecular complexity index is 163. The molecule has 2 nitrogen and oxygen atoms in total. The zero-order valence-corrected chi connectivity index (χ0v) is 6.90. The highest BCUT2D eigenvalue weighted by molar-refractivity contribution is 8.78. The molecule has 0 saturated carbocycles. The fourth-order valence-corrected chi connectivity index (χ4v) is 1.52. The van der Waals surface area contributed by atoms with Crippen LogP contribution in [0.4, 0.5) is 0 Å². The Balaban J connectivity index is 2.65. The number of rotatable bonds is 2. The van der Waals surface area contributed by atoms with E-state index in [2.05, 4.69) is 28.3 Å². The van der Waals surface area contributed by atoms with Crippen molar-refractivity contribution in [1.29, 1.82) is 0 Å². The smallest absolute Gasteiger partial charge is 0.136 e. The zero-order chi connectivity index (χ0) is 6.69. The molecule has 0 radical (unpaired) electrons. The minimum Gasteiger partial charge on any atom is -0.364 e. The van der Waals surface area contributed by atoms with Gasteiger partial charge in [-0.1, -0.05) is 12.1 Å². The topological polar surface area (TPSA) is 26.0 Å². The maximum Gasteiger partial charge on any atom is 0.136 e. The van der Waals surface area contributed by atoms with E-state index in [0.29, 0.717) is 0 Å². The average Bonchev–Trinajstić information content (AvgIpc) is 2.37. The van der Waals surface area contributed by atoms with Gasteiger partial charge in [0.25, 0.3) is 0 Å². The molecule has 1 atom stereocenters. The molecular weight excluding hydrogens is 154 g/mol. The van der Waals surface area contributed by atoms with Gasteiger partial charge in [0, 0.05) is 0 Å². The second kappa shape index (κ2) is 3.17. The van der Waals surface area contributed by atoms with Gasteiger partial charge in [-0.05, 0) is 5.75 Å². The normalized spacial score (nSPS) is 15.6. The summed E-state index contributed by atoms with van der Waals surface area (Å²) in [5, 5.41) is 3.58. The molecule has 0 aliphatic carbocycles. The fourth-order valence-electron chi connectivity index (χ4n) is 0.509. The van der Waals surface area contributed by atoms with Crippen LogP contribution in [0.1, 0.15) is 6.92 Å². The van der Waals surface area contributed by atoms with Crippen molar-refractivity contribution in [2.75, 3.05) is 5.75 Å². The first-order valence-corrected chi connectivity index (χ1v) is 5.38. The summed E-state index contributed by atoms with van der Waals surface area (Å²) in [5.41, 5.74) is 0. The maximum absolute atomic E-state index is 4.65. The third kappa shape index (κ3) is 1.66. The molecule has 9 heavy (non-hydrogen) atoms. The molecule has 1 aromatic heterocycles. The summed E-state index contributed by atoms with van der Waals surface area (Å²) in [7, 11) is -0.298. The summed E-state index contributed by atoms with van der Waals surface area (Å²) in [4.78, 5) is 1.12. The van der Waals surface area contributed by atoms with E-state index in [-0.39, 0.29) is 9.93 Å². The lowest BCUT2D eigenvalue weighted by atomic mass is 10.8. The van der Waals surface area contributed by atoms with Gasteiger partial charge < -0.3 is 4.52 Å². The number of hydrogen-bond acceptors (Lipinski definition) is 3.